The van der Waals surface area contributed by atoms with E-state index in [2.05, 4.69) is 20.8 Å². The molecule has 4 heteroatoms. The molecule has 0 heterocycles. The maximum absolute atomic E-state index is 11.1. The fraction of sp³-hybridized carbons (Fsp3) is 0.958. The van der Waals surface area contributed by atoms with Gasteiger partial charge in [-0.05, 0) is 104 Å². The predicted molar refractivity (Wildman–Crippen MR) is 109 cm³/mol. The van der Waals surface area contributed by atoms with E-state index in [0.717, 1.165) is 32.1 Å². The van der Waals surface area contributed by atoms with Crippen molar-refractivity contribution in [3.05, 3.63) is 0 Å². The van der Waals surface area contributed by atoms with Crippen LogP contribution in [0.25, 0.3) is 0 Å². The first-order chi connectivity index (χ1) is 13.2. The number of aliphatic carboxylic acids is 1. The van der Waals surface area contributed by atoms with Crippen LogP contribution in [0.3, 0.4) is 0 Å². The van der Waals surface area contributed by atoms with Gasteiger partial charge < -0.3 is 15.3 Å². The monoisotopic (exact) mass is 392 g/mol. The molecule has 4 saturated carbocycles. The Morgan fingerprint density at radius 1 is 0.964 bits per heavy atom. The molecule has 0 aliphatic heterocycles. The van der Waals surface area contributed by atoms with Gasteiger partial charge in [0.1, 0.15) is 0 Å². The molecule has 0 aromatic rings. The Bertz CT molecular complexity index is 605. The smallest absolute Gasteiger partial charge is 0.303 e. The minimum Gasteiger partial charge on any atom is -0.481 e. The highest BCUT2D eigenvalue weighted by Crippen LogP contribution is 2.68. The first-order valence-corrected chi connectivity index (χ1v) is 11.7. The number of aliphatic hydroxyl groups is 2. The number of aliphatic hydroxyl groups excluding tert-OH is 2. The summed E-state index contributed by atoms with van der Waals surface area (Å²) in [6.45, 7) is 7.16. The molecule has 0 saturated heterocycles. The van der Waals surface area contributed by atoms with Crippen molar-refractivity contribution in [3.8, 4) is 0 Å². The highest BCUT2D eigenvalue weighted by molar-refractivity contribution is 5.66. The minimum absolute atomic E-state index is 0.176. The third-order valence-corrected chi connectivity index (χ3v) is 10.2. The fourth-order valence-electron chi connectivity index (χ4n) is 8.81. The standard InChI is InChI=1S/C24H40O4/c1-14(4-7-22(27)28)17-5-6-18-16-13-21(26)20-12-15(25)8-10-24(20,3)19(16)9-11-23(17,18)2/h14-21,25-26H,4-13H2,1-3H3,(H,27,28)/t14-,15-,16+,17-,18+,19+,20?,21+,23-,24-/m1/s1. The van der Waals surface area contributed by atoms with Crippen LogP contribution in [0.15, 0.2) is 0 Å². The van der Waals surface area contributed by atoms with Crippen LogP contribution in [0.2, 0.25) is 0 Å². The summed E-state index contributed by atoms with van der Waals surface area (Å²) in [7, 11) is 0. The highest BCUT2D eigenvalue weighted by atomic mass is 16.4. The molecule has 4 rings (SSSR count). The Morgan fingerprint density at radius 2 is 1.64 bits per heavy atom. The predicted octanol–water partition coefficient (Wildman–Crippen LogP) is 4.48. The number of rotatable bonds is 4. The van der Waals surface area contributed by atoms with E-state index < -0.39 is 5.97 Å². The van der Waals surface area contributed by atoms with Gasteiger partial charge in [-0.3, -0.25) is 4.79 Å². The van der Waals surface area contributed by atoms with Gasteiger partial charge in [0.2, 0.25) is 0 Å². The van der Waals surface area contributed by atoms with Crippen molar-refractivity contribution in [2.45, 2.75) is 97.2 Å². The lowest BCUT2D eigenvalue weighted by Crippen LogP contribution is -2.58. The van der Waals surface area contributed by atoms with Crippen LogP contribution in [-0.2, 0) is 4.79 Å². The summed E-state index contributed by atoms with van der Waals surface area (Å²) in [4.78, 5) is 11.1. The first-order valence-electron chi connectivity index (χ1n) is 11.7. The molecule has 1 unspecified atom stereocenters. The second-order valence-electron chi connectivity index (χ2n) is 11.4. The van der Waals surface area contributed by atoms with Gasteiger partial charge in [0.25, 0.3) is 0 Å². The normalized spacial score (nSPS) is 51.7. The molecule has 0 bridgehead atoms. The van der Waals surface area contributed by atoms with E-state index >= 15 is 0 Å². The van der Waals surface area contributed by atoms with Gasteiger partial charge in [-0.2, -0.15) is 0 Å². The molecule has 0 aromatic carbocycles. The molecule has 28 heavy (non-hydrogen) atoms. The number of carboxylic acids is 1. The molecule has 0 amide bonds. The van der Waals surface area contributed by atoms with Crippen molar-refractivity contribution in [3.63, 3.8) is 0 Å². The van der Waals surface area contributed by atoms with Crippen LogP contribution in [0.4, 0.5) is 0 Å². The van der Waals surface area contributed by atoms with E-state index in [1.54, 1.807) is 0 Å². The number of hydrogen-bond donors (Lipinski definition) is 3. The zero-order valence-corrected chi connectivity index (χ0v) is 17.9. The Kier molecular flexibility index (Phi) is 5.36. The van der Waals surface area contributed by atoms with Gasteiger partial charge in [-0.1, -0.05) is 20.8 Å². The van der Waals surface area contributed by atoms with Gasteiger partial charge in [-0.25, -0.2) is 0 Å². The molecule has 4 fully saturated rings. The van der Waals surface area contributed by atoms with Crippen molar-refractivity contribution in [2.24, 2.45) is 46.3 Å². The molecule has 0 radical (unpaired) electrons. The zero-order valence-electron chi connectivity index (χ0n) is 17.9. The summed E-state index contributed by atoms with van der Waals surface area (Å²) in [5.41, 5.74) is 0.478. The molecular weight excluding hydrogens is 352 g/mol. The molecule has 3 N–H and O–H groups in total. The van der Waals surface area contributed by atoms with Gasteiger partial charge in [0.15, 0.2) is 0 Å². The molecule has 0 spiro atoms. The molecule has 160 valence electrons. The van der Waals surface area contributed by atoms with E-state index in [-0.39, 0.29) is 30.0 Å². The summed E-state index contributed by atoms with van der Waals surface area (Å²) in [5, 5.41) is 30.4. The van der Waals surface area contributed by atoms with Crippen LogP contribution in [0.1, 0.15) is 85.0 Å². The number of hydrogen-bond acceptors (Lipinski definition) is 3. The maximum Gasteiger partial charge on any atom is 0.303 e. The third-order valence-electron chi connectivity index (χ3n) is 10.2. The number of fused-ring (bicyclic) bond motifs is 5. The lowest BCUT2D eigenvalue weighted by Gasteiger charge is -2.62. The molecule has 10 atom stereocenters. The zero-order chi connectivity index (χ0) is 20.3. The Morgan fingerprint density at radius 3 is 2.36 bits per heavy atom. The van der Waals surface area contributed by atoms with Crippen LogP contribution in [0, 0.1) is 46.3 Å². The lowest BCUT2D eigenvalue weighted by atomic mass is 9.44. The van der Waals surface area contributed by atoms with Crippen LogP contribution in [0.5, 0.6) is 0 Å². The first kappa shape index (κ1) is 20.7. The van der Waals surface area contributed by atoms with E-state index in [0.29, 0.717) is 35.0 Å². The van der Waals surface area contributed by atoms with E-state index in [1.165, 1.54) is 25.7 Å². The summed E-state index contributed by atoms with van der Waals surface area (Å²) in [5.74, 6) is 2.61. The maximum atomic E-state index is 11.1. The van der Waals surface area contributed by atoms with E-state index in [9.17, 15) is 15.0 Å². The molecular formula is C24H40O4. The third kappa shape index (κ3) is 3.14. The van der Waals surface area contributed by atoms with Crippen LogP contribution in [-0.4, -0.2) is 33.5 Å². The van der Waals surface area contributed by atoms with Crippen molar-refractivity contribution in [1.82, 2.24) is 0 Å². The Balaban J connectivity index is 1.55. The topological polar surface area (TPSA) is 77.8 Å². The average Bonchev–Trinajstić information content (AvgIpc) is 2.99. The summed E-state index contributed by atoms with van der Waals surface area (Å²) >= 11 is 0. The van der Waals surface area contributed by atoms with Gasteiger partial charge in [0.05, 0.1) is 12.2 Å². The quantitative estimate of drug-likeness (QED) is 0.659. The Hall–Kier alpha value is -0.610. The second-order valence-corrected chi connectivity index (χ2v) is 11.4. The van der Waals surface area contributed by atoms with Crippen molar-refractivity contribution >= 4 is 5.97 Å². The summed E-state index contributed by atoms with van der Waals surface area (Å²) in [6, 6.07) is 0. The largest absolute Gasteiger partial charge is 0.481 e. The van der Waals surface area contributed by atoms with Gasteiger partial charge in [0, 0.05) is 6.42 Å². The lowest BCUT2D eigenvalue weighted by molar-refractivity contribution is -0.172. The second kappa shape index (κ2) is 7.27. The van der Waals surface area contributed by atoms with E-state index in [4.69, 9.17) is 5.11 Å². The van der Waals surface area contributed by atoms with Crippen LogP contribution < -0.4 is 0 Å². The van der Waals surface area contributed by atoms with Crippen molar-refractivity contribution in [2.75, 3.05) is 0 Å². The van der Waals surface area contributed by atoms with Gasteiger partial charge >= 0.3 is 5.97 Å². The minimum atomic E-state index is -0.677. The molecule has 4 aliphatic rings. The number of carboxylic acid groups (broad SMARTS) is 1. The average molecular weight is 393 g/mol. The molecule has 0 aromatic heterocycles. The SMILES string of the molecule is C[C@H](CCC(=O)O)[C@H]1CC[C@H]2[C@@H]3C[C@H](O)C4C[C@H](O)CC[C@]4(C)[C@H]3CC[C@]12C. The van der Waals surface area contributed by atoms with Gasteiger partial charge in [-0.15, -0.1) is 0 Å². The molecule has 4 nitrogen and oxygen atoms in total. The van der Waals surface area contributed by atoms with Crippen molar-refractivity contribution < 1.29 is 20.1 Å². The summed E-state index contributed by atoms with van der Waals surface area (Å²) < 4.78 is 0. The summed E-state index contributed by atoms with van der Waals surface area (Å²) in [6.07, 6.45) is 9.16. The highest BCUT2D eigenvalue weighted by Gasteiger charge is 2.62. The fourth-order valence-corrected chi connectivity index (χ4v) is 8.81. The van der Waals surface area contributed by atoms with E-state index in [1.807, 2.05) is 0 Å². The molecule has 4 aliphatic carbocycles. The Labute approximate surface area is 170 Å². The number of carbonyl (C=O) groups is 1. The van der Waals surface area contributed by atoms with Crippen molar-refractivity contribution in [1.29, 1.82) is 0 Å². The van der Waals surface area contributed by atoms with Crippen LogP contribution >= 0.6 is 0 Å².